The summed E-state index contributed by atoms with van der Waals surface area (Å²) in [6.45, 7) is 0. The first-order chi connectivity index (χ1) is 12.7. The van der Waals surface area contributed by atoms with Crippen LogP contribution >= 0.6 is 0 Å². The van der Waals surface area contributed by atoms with E-state index in [-0.39, 0.29) is 11.2 Å². The van der Waals surface area contributed by atoms with Crippen LogP contribution in [0.3, 0.4) is 0 Å². The van der Waals surface area contributed by atoms with E-state index in [1.165, 1.54) is 0 Å². The maximum absolute atomic E-state index is 13.0. The molecule has 5 aromatic rings. The first-order valence-electron chi connectivity index (χ1n) is 8.29. The van der Waals surface area contributed by atoms with E-state index in [0.29, 0.717) is 38.7 Å². The summed E-state index contributed by atoms with van der Waals surface area (Å²) in [7, 11) is 0. The van der Waals surface area contributed by atoms with Crippen molar-refractivity contribution in [2.75, 3.05) is 0 Å². The highest BCUT2D eigenvalue weighted by molar-refractivity contribution is 6.11. The van der Waals surface area contributed by atoms with E-state index >= 15 is 0 Å². The van der Waals surface area contributed by atoms with Crippen LogP contribution in [-0.2, 0) is 0 Å². The van der Waals surface area contributed by atoms with Gasteiger partial charge in [0.15, 0.2) is 5.58 Å². The number of rotatable bonds is 2. The molecule has 0 spiro atoms. The Kier molecular flexibility index (Phi) is 3.06. The van der Waals surface area contributed by atoms with E-state index in [9.17, 15) is 9.59 Å². The van der Waals surface area contributed by atoms with Crippen LogP contribution in [0.25, 0.3) is 27.5 Å². The van der Waals surface area contributed by atoms with Crippen molar-refractivity contribution in [3.05, 3.63) is 100 Å². The Hall–Kier alpha value is -3.66. The van der Waals surface area contributed by atoms with Gasteiger partial charge in [-0.05, 0) is 30.3 Å². The zero-order valence-electron chi connectivity index (χ0n) is 13.7. The van der Waals surface area contributed by atoms with Gasteiger partial charge in [-0.15, -0.1) is 0 Å². The average Bonchev–Trinajstić information content (AvgIpc) is 3.18. The topological polar surface area (TPSA) is 51.7 Å². The summed E-state index contributed by atoms with van der Waals surface area (Å²) in [5.41, 5.74) is 2.61. The Morgan fingerprint density at radius 3 is 2.46 bits per heavy atom. The quantitative estimate of drug-likeness (QED) is 0.353. The highest BCUT2D eigenvalue weighted by Gasteiger charge is 2.18. The van der Waals surface area contributed by atoms with Crippen LogP contribution in [-0.4, -0.2) is 10.2 Å². The maximum Gasteiger partial charge on any atom is 0.209 e. The summed E-state index contributed by atoms with van der Waals surface area (Å²) in [6.07, 6.45) is 1.81. The van der Waals surface area contributed by atoms with Crippen molar-refractivity contribution in [1.29, 1.82) is 0 Å². The minimum Gasteiger partial charge on any atom is -0.454 e. The number of pyridine rings is 1. The lowest BCUT2D eigenvalue weighted by atomic mass is 10.1. The van der Waals surface area contributed by atoms with Crippen molar-refractivity contribution in [3.63, 3.8) is 0 Å². The average molecular weight is 339 g/mol. The molecule has 0 aliphatic rings. The number of carbonyl (C=O) groups excluding carboxylic acids is 1. The van der Waals surface area contributed by atoms with Gasteiger partial charge in [-0.1, -0.05) is 42.5 Å². The molecule has 4 heteroatoms. The highest BCUT2D eigenvalue weighted by atomic mass is 16.3. The highest BCUT2D eigenvalue weighted by Crippen LogP contribution is 2.26. The third-order valence-electron chi connectivity index (χ3n) is 4.62. The number of ketones is 1. The van der Waals surface area contributed by atoms with Gasteiger partial charge in [0, 0.05) is 11.8 Å². The van der Waals surface area contributed by atoms with E-state index in [4.69, 9.17) is 4.42 Å². The second-order valence-electron chi connectivity index (χ2n) is 6.16. The summed E-state index contributed by atoms with van der Waals surface area (Å²) in [5, 5.41) is 0.920. The maximum atomic E-state index is 13.0. The molecule has 0 radical (unpaired) electrons. The molecule has 0 bridgehead atoms. The van der Waals surface area contributed by atoms with E-state index in [1.807, 2.05) is 36.4 Å². The molecular weight excluding hydrogens is 326 g/mol. The molecule has 0 N–H and O–H groups in total. The number of carbonyl (C=O) groups is 1. The Morgan fingerprint density at radius 2 is 1.62 bits per heavy atom. The van der Waals surface area contributed by atoms with Gasteiger partial charge in [0.2, 0.25) is 11.2 Å². The Labute approximate surface area is 147 Å². The molecule has 0 saturated heterocycles. The van der Waals surface area contributed by atoms with Crippen LogP contribution in [0.15, 0.2) is 88.2 Å². The monoisotopic (exact) mass is 339 g/mol. The largest absolute Gasteiger partial charge is 0.454 e. The minimum atomic E-state index is -0.138. The van der Waals surface area contributed by atoms with Gasteiger partial charge in [-0.2, -0.15) is 0 Å². The van der Waals surface area contributed by atoms with Crippen LogP contribution in [0.4, 0.5) is 0 Å². The third-order valence-corrected chi connectivity index (χ3v) is 4.62. The number of hydrogen-bond acceptors (Lipinski definition) is 3. The molecule has 0 saturated carbocycles. The Bertz CT molecular complexity index is 1360. The molecule has 2 aromatic carbocycles. The normalized spacial score (nSPS) is 11.4. The lowest BCUT2D eigenvalue weighted by Crippen LogP contribution is -2.10. The first-order valence-corrected chi connectivity index (χ1v) is 8.29. The number of para-hydroxylation sites is 1. The van der Waals surface area contributed by atoms with Crippen molar-refractivity contribution in [2.45, 2.75) is 0 Å². The lowest BCUT2D eigenvalue weighted by molar-refractivity contribution is 0.103. The second-order valence-corrected chi connectivity index (χ2v) is 6.16. The molecular formula is C22H13NO3. The first kappa shape index (κ1) is 14.7. The van der Waals surface area contributed by atoms with Crippen LogP contribution in [0.1, 0.15) is 16.1 Å². The fourth-order valence-corrected chi connectivity index (χ4v) is 3.37. The lowest BCUT2D eigenvalue weighted by Gasteiger charge is -2.09. The van der Waals surface area contributed by atoms with Crippen LogP contribution in [0.2, 0.25) is 0 Å². The van der Waals surface area contributed by atoms with Crippen molar-refractivity contribution in [3.8, 4) is 0 Å². The molecule has 124 valence electrons. The smallest absolute Gasteiger partial charge is 0.209 e. The molecule has 0 aliphatic carbocycles. The number of fused-ring (bicyclic) bond motifs is 4. The van der Waals surface area contributed by atoms with Gasteiger partial charge < -0.3 is 8.82 Å². The van der Waals surface area contributed by atoms with Crippen molar-refractivity contribution >= 4 is 33.2 Å². The van der Waals surface area contributed by atoms with Crippen LogP contribution in [0, 0.1) is 0 Å². The van der Waals surface area contributed by atoms with Crippen molar-refractivity contribution < 1.29 is 9.21 Å². The third kappa shape index (κ3) is 2.02. The summed E-state index contributed by atoms with van der Waals surface area (Å²) >= 11 is 0. The number of hydrogen-bond donors (Lipinski definition) is 0. The van der Waals surface area contributed by atoms with Gasteiger partial charge in [-0.25, -0.2) is 0 Å². The molecule has 26 heavy (non-hydrogen) atoms. The van der Waals surface area contributed by atoms with Gasteiger partial charge in [0.25, 0.3) is 0 Å². The molecule has 5 rings (SSSR count). The van der Waals surface area contributed by atoms with E-state index in [1.54, 1.807) is 47.0 Å². The summed E-state index contributed by atoms with van der Waals surface area (Å²) in [6, 6.07) is 21.5. The van der Waals surface area contributed by atoms with E-state index in [0.717, 1.165) is 0 Å². The standard InChI is InChI=1S/C22H13NO3/c24-20(14-7-2-1-3-8-14)18-13-16-21(25)15-9-4-5-11-19(15)26-22(16)17-10-6-12-23(17)18/h1-13H. The van der Waals surface area contributed by atoms with Gasteiger partial charge >= 0.3 is 0 Å². The van der Waals surface area contributed by atoms with Gasteiger partial charge in [0.05, 0.1) is 22.0 Å². The van der Waals surface area contributed by atoms with Crippen LogP contribution < -0.4 is 5.43 Å². The van der Waals surface area contributed by atoms with Crippen LogP contribution in [0.5, 0.6) is 0 Å². The Morgan fingerprint density at radius 1 is 0.846 bits per heavy atom. The summed E-state index contributed by atoms with van der Waals surface area (Å²) < 4.78 is 7.78. The molecule has 4 nitrogen and oxygen atoms in total. The van der Waals surface area contributed by atoms with E-state index in [2.05, 4.69) is 0 Å². The molecule has 0 unspecified atom stereocenters. The Balaban J connectivity index is 1.91. The number of benzene rings is 2. The zero-order chi connectivity index (χ0) is 17.7. The number of aromatic nitrogens is 1. The SMILES string of the molecule is O=C(c1ccccc1)c1cc2c(=O)c3ccccc3oc2c2cccn12. The van der Waals surface area contributed by atoms with Crippen molar-refractivity contribution in [1.82, 2.24) is 4.40 Å². The van der Waals surface area contributed by atoms with E-state index < -0.39 is 0 Å². The summed E-state index contributed by atoms with van der Waals surface area (Å²) in [4.78, 5) is 26.0. The fourth-order valence-electron chi connectivity index (χ4n) is 3.37. The molecule has 0 atom stereocenters. The van der Waals surface area contributed by atoms with Gasteiger partial charge in [0.1, 0.15) is 5.58 Å². The van der Waals surface area contributed by atoms with Crippen molar-refractivity contribution in [2.24, 2.45) is 0 Å². The second kappa shape index (κ2) is 5.43. The zero-order valence-corrected chi connectivity index (χ0v) is 13.7. The number of nitrogens with zero attached hydrogens (tertiary/aromatic N) is 1. The predicted octanol–water partition coefficient (Wildman–Crippen LogP) is 4.43. The molecule has 0 amide bonds. The summed E-state index contributed by atoms with van der Waals surface area (Å²) in [5.74, 6) is -0.138. The molecule has 3 aromatic heterocycles. The molecule has 0 fully saturated rings. The minimum absolute atomic E-state index is 0.132. The molecule has 3 heterocycles. The fraction of sp³-hybridized carbons (Fsp3) is 0. The van der Waals surface area contributed by atoms with Gasteiger partial charge in [-0.3, -0.25) is 9.59 Å². The molecule has 0 aliphatic heterocycles. The predicted molar refractivity (Wildman–Crippen MR) is 101 cm³/mol.